The number of pyridine rings is 1. The lowest BCUT2D eigenvalue weighted by atomic mass is 10.1. The van der Waals surface area contributed by atoms with Crippen molar-refractivity contribution in [2.24, 2.45) is 0 Å². The van der Waals surface area contributed by atoms with Crippen LogP contribution in [0.1, 0.15) is 25.1 Å². The largest absolute Gasteiger partial charge is 0.261 e. The first kappa shape index (κ1) is 11.5. The summed E-state index contributed by atoms with van der Waals surface area (Å²) in [6.07, 6.45) is 2.47. The summed E-state index contributed by atoms with van der Waals surface area (Å²) in [4.78, 5) is 4.26. The third-order valence-corrected chi connectivity index (χ3v) is 5.11. The van der Waals surface area contributed by atoms with Crippen LogP contribution in [0.4, 0.5) is 0 Å². The molecule has 0 saturated heterocycles. The SMILES string of the molecule is CC(C)S(=O)(=O)N1CCc2ncccc2C1. The van der Waals surface area contributed by atoms with Crippen molar-refractivity contribution >= 4 is 10.0 Å². The summed E-state index contributed by atoms with van der Waals surface area (Å²) in [5.74, 6) is 0. The average Bonchev–Trinajstić information content (AvgIpc) is 2.28. The highest BCUT2D eigenvalue weighted by molar-refractivity contribution is 7.89. The van der Waals surface area contributed by atoms with Crippen LogP contribution in [0.15, 0.2) is 18.3 Å². The van der Waals surface area contributed by atoms with Crippen LogP contribution in [-0.2, 0) is 23.0 Å². The Bertz CT molecular complexity index is 483. The highest BCUT2D eigenvalue weighted by atomic mass is 32.2. The Morgan fingerprint density at radius 2 is 2.19 bits per heavy atom. The van der Waals surface area contributed by atoms with E-state index in [0.717, 1.165) is 11.3 Å². The van der Waals surface area contributed by atoms with Gasteiger partial charge >= 0.3 is 0 Å². The van der Waals surface area contributed by atoms with E-state index in [2.05, 4.69) is 4.98 Å². The van der Waals surface area contributed by atoms with Gasteiger partial charge < -0.3 is 0 Å². The van der Waals surface area contributed by atoms with Crippen molar-refractivity contribution in [3.63, 3.8) is 0 Å². The molecule has 0 saturated carbocycles. The lowest BCUT2D eigenvalue weighted by Gasteiger charge is -2.28. The maximum atomic E-state index is 12.0. The Kier molecular flexibility index (Phi) is 2.99. The normalized spacial score (nSPS) is 17.4. The third kappa shape index (κ3) is 1.97. The minimum atomic E-state index is -3.14. The summed E-state index contributed by atoms with van der Waals surface area (Å²) in [7, 11) is -3.14. The molecule has 4 nitrogen and oxygen atoms in total. The van der Waals surface area contributed by atoms with Crippen LogP contribution in [0.2, 0.25) is 0 Å². The molecule has 1 aromatic heterocycles. The molecule has 0 aliphatic carbocycles. The summed E-state index contributed by atoms with van der Waals surface area (Å²) in [5, 5.41) is -0.356. The fourth-order valence-electron chi connectivity index (χ4n) is 1.86. The van der Waals surface area contributed by atoms with Crippen LogP contribution in [-0.4, -0.2) is 29.5 Å². The number of fused-ring (bicyclic) bond motifs is 1. The van der Waals surface area contributed by atoms with E-state index >= 15 is 0 Å². The third-order valence-electron chi connectivity index (χ3n) is 2.88. The first-order valence-corrected chi connectivity index (χ1v) is 6.94. The highest BCUT2D eigenvalue weighted by Gasteiger charge is 2.29. The summed E-state index contributed by atoms with van der Waals surface area (Å²) in [5.41, 5.74) is 2.05. The predicted octanol–water partition coefficient (Wildman–Crippen LogP) is 1.18. The number of sulfonamides is 1. The van der Waals surface area contributed by atoms with E-state index in [4.69, 9.17) is 0 Å². The van der Waals surface area contributed by atoms with Crippen molar-refractivity contribution in [3.05, 3.63) is 29.6 Å². The molecule has 1 aliphatic heterocycles. The van der Waals surface area contributed by atoms with Gasteiger partial charge in [-0.25, -0.2) is 8.42 Å². The predicted molar refractivity (Wildman–Crippen MR) is 62.4 cm³/mol. The highest BCUT2D eigenvalue weighted by Crippen LogP contribution is 2.20. The van der Waals surface area contributed by atoms with Crippen molar-refractivity contribution in [1.29, 1.82) is 0 Å². The van der Waals surface area contributed by atoms with E-state index in [9.17, 15) is 8.42 Å². The van der Waals surface area contributed by atoms with Crippen molar-refractivity contribution in [3.8, 4) is 0 Å². The van der Waals surface area contributed by atoms with Gasteiger partial charge in [0, 0.05) is 31.4 Å². The fraction of sp³-hybridized carbons (Fsp3) is 0.545. The average molecular weight is 240 g/mol. The molecule has 0 N–H and O–H groups in total. The van der Waals surface area contributed by atoms with E-state index in [0.29, 0.717) is 19.5 Å². The Hall–Kier alpha value is -0.940. The Morgan fingerprint density at radius 3 is 2.88 bits per heavy atom. The molecular formula is C11H16N2O2S. The number of hydrogen-bond acceptors (Lipinski definition) is 3. The van der Waals surface area contributed by atoms with Crippen LogP contribution in [0.25, 0.3) is 0 Å². The number of hydrogen-bond donors (Lipinski definition) is 0. The lowest BCUT2D eigenvalue weighted by molar-refractivity contribution is 0.383. The minimum absolute atomic E-state index is 0.356. The molecule has 16 heavy (non-hydrogen) atoms. The second-order valence-electron chi connectivity index (χ2n) is 4.29. The molecule has 0 fully saturated rings. The van der Waals surface area contributed by atoms with E-state index in [1.165, 1.54) is 0 Å². The molecular weight excluding hydrogens is 224 g/mol. The maximum absolute atomic E-state index is 12.0. The molecule has 0 atom stereocenters. The number of rotatable bonds is 2. The van der Waals surface area contributed by atoms with Crippen molar-refractivity contribution < 1.29 is 8.42 Å². The molecule has 0 unspecified atom stereocenters. The van der Waals surface area contributed by atoms with Crippen LogP contribution in [0, 0.1) is 0 Å². The molecule has 0 bridgehead atoms. The van der Waals surface area contributed by atoms with Gasteiger partial charge in [0.25, 0.3) is 0 Å². The van der Waals surface area contributed by atoms with Crippen LogP contribution in [0.3, 0.4) is 0 Å². The second-order valence-corrected chi connectivity index (χ2v) is 6.78. The molecule has 0 amide bonds. The van der Waals surface area contributed by atoms with Gasteiger partial charge in [0.05, 0.1) is 5.25 Å². The van der Waals surface area contributed by atoms with Crippen molar-refractivity contribution in [2.45, 2.75) is 32.1 Å². The standard InChI is InChI=1S/C11H16N2O2S/c1-9(2)16(14,15)13-7-5-11-10(8-13)4-3-6-12-11/h3-4,6,9H,5,7-8H2,1-2H3. The summed E-state index contributed by atoms with van der Waals surface area (Å²) < 4.78 is 25.6. The molecule has 0 spiro atoms. The van der Waals surface area contributed by atoms with Gasteiger partial charge in [-0.05, 0) is 25.5 Å². The molecule has 5 heteroatoms. The van der Waals surface area contributed by atoms with E-state index in [-0.39, 0.29) is 5.25 Å². The summed E-state index contributed by atoms with van der Waals surface area (Å²) in [6.45, 7) is 4.44. The van der Waals surface area contributed by atoms with Gasteiger partial charge in [-0.2, -0.15) is 4.31 Å². The molecule has 0 radical (unpaired) electrons. The van der Waals surface area contributed by atoms with E-state index < -0.39 is 10.0 Å². The van der Waals surface area contributed by atoms with E-state index in [1.807, 2.05) is 12.1 Å². The number of nitrogens with zero attached hydrogens (tertiary/aromatic N) is 2. The maximum Gasteiger partial charge on any atom is 0.216 e. The minimum Gasteiger partial charge on any atom is -0.261 e. The zero-order chi connectivity index (χ0) is 11.8. The molecule has 2 rings (SSSR count). The summed E-state index contributed by atoms with van der Waals surface area (Å²) >= 11 is 0. The van der Waals surface area contributed by atoms with Crippen LogP contribution >= 0.6 is 0 Å². The monoisotopic (exact) mass is 240 g/mol. The first-order valence-electron chi connectivity index (χ1n) is 5.43. The topological polar surface area (TPSA) is 50.3 Å². The van der Waals surface area contributed by atoms with Gasteiger partial charge in [0.2, 0.25) is 10.0 Å². The zero-order valence-electron chi connectivity index (χ0n) is 9.55. The Morgan fingerprint density at radius 1 is 1.44 bits per heavy atom. The summed E-state index contributed by atoms with van der Waals surface area (Å²) in [6, 6.07) is 3.80. The molecule has 2 heterocycles. The molecule has 0 aromatic carbocycles. The van der Waals surface area contributed by atoms with Gasteiger partial charge in [-0.1, -0.05) is 6.07 Å². The van der Waals surface area contributed by atoms with Gasteiger partial charge in [0.15, 0.2) is 0 Å². The molecule has 1 aliphatic rings. The smallest absolute Gasteiger partial charge is 0.216 e. The van der Waals surface area contributed by atoms with Gasteiger partial charge in [-0.15, -0.1) is 0 Å². The van der Waals surface area contributed by atoms with Gasteiger partial charge in [-0.3, -0.25) is 4.98 Å². The molecule has 88 valence electrons. The van der Waals surface area contributed by atoms with E-state index in [1.54, 1.807) is 24.3 Å². The molecule has 1 aromatic rings. The Balaban J connectivity index is 2.27. The quantitative estimate of drug-likeness (QED) is 0.780. The first-order chi connectivity index (χ1) is 7.51. The van der Waals surface area contributed by atoms with Crippen molar-refractivity contribution in [1.82, 2.24) is 9.29 Å². The van der Waals surface area contributed by atoms with Crippen molar-refractivity contribution in [2.75, 3.05) is 6.54 Å². The number of aromatic nitrogens is 1. The second kappa shape index (κ2) is 4.14. The van der Waals surface area contributed by atoms with Gasteiger partial charge in [0.1, 0.15) is 0 Å². The fourth-order valence-corrected chi connectivity index (χ4v) is 3.12. The zero-order valence-corrected chi connectivity index (χ0v) is 10.4. The van der Waals surface area contributed by atoms with Crippen LogP contribution < -0.4 is 0 Å². The van der Waals surface area contributed by atoms with Crippen LogP contribution in [0.5, 0.6) is 0 Å². The lowest BCUT2D eigenvalue weighted by Crippen LogP contribution is -2.40. The Labute approximate surface area is 96.4 Å².